The van der Waals surface area contributed by atoms with Crippen LogP contribution in [0.1, 0.15) is 58.8 Å². The van der Waals surface area contributed by atoms with Gasteiger partial charge >= 0.3 is 0 Å². The minimum atomic E-state index is 0.555. The minimum absolute atomic E-state index is 0.555. The van der Waals surface area contributed by atoms with E-state index in [9.17, 15) is 0 Å². The van der Waals surface area contributed by atoms with Crippen molar-refractivity contribution >= 4 is 15.9 Å². The Bertz CT molecular complexity index is 494. The van der Waals surface area contributed by atoms with E-state index in [4.69, 9.17) is 0 Å². The van der Waals surface area contributed by atoms with Crippen LogP contribution >= 0.6 is 15.9 Å². The summed E-state index contributed by atoms with van der Waals surface area (Å²) in [4.78, 5) is 0.555. The average molecular weight is 378 g/mol. The quantitative estimate of drug-likeness (QED) is 0.493. The second kappa shape index (κ2) is 6.67. The molecule has 2 heteroatoms. The van der Waals surface area contributed by atoms with E-state index < -0.39 is 0 Å². The molecule has 1 saturated heterocycles. The van der Waals surface area contributed by atoms with Gasteiger partial charge in [0.1, 0.15) is 0 Å². The second-order valence-corrected chi connectivity index (χ2v) is 9.88. The SMILES string of the molecule is CC1CC2C(C)C3CCC(Br)NC3CC2C1CCC1=CC=CC1. The van der Waals surface area contributed by atoms with Crippen molar-refractivity contribution in [3.63, 3.8) is 0 Å². The predicted molar refractivity (Wildman–Crippen MR) is 101 cm³/mol. The number of piperidine rings is 1. The molecule has 4 rings (SSSR count). The van der Waals surface area contributed by atoms with Crippen molar-refractivity contribution in [3.05, 3.63) is 23.8 Å². The Hall–Kier alpha value is -0.0800. The molecule has 0 bridgehead atoms. The van der Waals surface area contributed by atoms with Crippen LogP contribution in [-0.2, 0) is 0 Å². The molecule has 0 aromatic carbocycles. The highest BCUT2D eigenvalue weighted by Crippen LogP contribution is 2.56. The first-order valence-corrected chi connectivity index (χ1v) is 10.8. The maximum atomic E-state index is 3.89. The van der Waals surface area contributed by atoms with Crippen molar-refractivity contribution in [2.45, 2.75) is 69.8 Å². The molecule has 0 aromatic rings. The lowest BCUT2D eigenvalue weighted by Gasteiger charge is -2.49. The minimum Gasteiger partial charge on any atom is -0.302 e. The molecule has 1 N–H and O–H groups in total. The molecule has 0 amide bonds. The lowest BCUT2D eigenvalue weighted by molar-refractivity contribution is 0.0446. The van der Waals surface area contributed by atoms with Crippen LogP contribution < -0.4 is 5.32 Å². The van der Waals surface area contributed by atoms with Crippen LogP contribution in [0.3, 0.4) is 0 Å². The zero-order valence-electron chi connectivity index (χ0n) is 14.7. The first-order chi connectivity index (χ1) is 11.1. The van der Waals surface area contributed by atoms with E-state index in [0.717, 1.165) is 41.5 Å². The summed E-state index contributed by atoms with van der Waals surface area (Å²) in [5.41, 5.74) is 1.67. The van der Waals surface area contributed by atoms with E-state index in [1.807, 2.05) is 0 Å². The summed E-state index contributed by atoms with van der Waals surface area (Å²) in [6.45, 7) is 5.12. The van der Waals surface area contributed by atoms with Crippen molar-refractivity contribution in [1.82, 2.24) is 5.32 Å². The van der Waals surface area contributed by atoms with Crippen LogP contribution in [0.5, 0.6) is 0 Å². The van der Waals surface area contributed by atoms with E-state index in [1.54, 1.807) is 5.57 Å². The molecular weight excluding hydrogens is 346 g/mol. The molecule has 0 aromatic heterocycles. The number of fused-ring (bicyclic) bond motifs is 2. The molecular formula is C21H32BrN. The van der Waals surface area contributed by atoms with Gasteiger partial charge in [0.2, 0.25) is 0 Å². The van der Waals surface area contributed by atoms with Crippen molar-refractivity contribution in [3.8, 4) is 0 Å². The van der Waals surface area contributed by atoms with Gasteiger partial charge in [-0.15, -0.1) is 0 Å². The lowest BCUT2D eigenvalue weighted by atomic mass is 9.62. The smallest absolute Gasteiger partial charge is 0.0632 e. The number of allylic oxidation sites excluding steroid dienone is 4. The van der Waals surface area contributed by atoms with Crippen LogP contribution in [0.4, 0.5) is 0 Å². The topological polar surface area (TPSA) is 12.0 Å². The third-order valence-corrected chi connectivity index (χ3v) is 8.39. The summed E-state index contributed by atoms with van der Waals surface area (Å²) >= 11 is 3.82. The Labute approximate surface area is 150 Å². The Morgan fingerprint density at radius 2 is 2.00 bits per heavy atom. The van der Waals surface area contributed by atoms with Crippen molar-refractivity contribution in [1.29, 1.82) is 0 Å². The summed E-state index contributed by atoms with van der Waals surface area (Å²) in [5.74, 6) is 5.72. The average Bonchev–Trinajstić information content (AvgIpc) is 3.13. The van der Waals surface area contributed by atoms with Gasteiger partial charge in [-0.25, -0.2) is 0 Å². The fraction of sp³-hybridized carbons (Fsp3) is 0.810. The van der Waals surface area contributed by atoms with Crippen LogP contribution in [0, 0.1) is 35.5 Å². The van der Waals surface area contributed by atoms with Crippen LogP contribution in [0.25, 0.3) is 0 Å². The molecule has 4 aliphatic rings. The van der Waals surface area contributed by atoms with Crippen LogP contribution in [0.2, 0.25) is 0 Å². The van der Waals surface area contributed by atoms with Gasteiger partial charge in [-0.2, -0.15) is 0 Å². The number of hydrogen-bond acceptors (Lipinski definition) is 1. The third kappa shape index (κ3) is 3.11. The monoisotopic (exact) mass is 377 g/mol. The van der Waals surface area contributed by atoms with Gasteiger partial charge < -0.3 is 5.32 Å². The molecule has 1 aliphatic heterocycles. The fourth-order valence-corrected chi connectivity index (χ4v) is 7.07. The predicted octanol–water partition coefficient (Wildman–Crippen LogP) is 5.67. The molecule has 128 valence electrons. The van der Waals surface area contributed by atoms with Crippen LogP contribution in [0.15, 0.2) is 23.8 Å². The normalized spacial score (nSPS) is 48.9. The van der Waals surface area contributed by atoms with Gasteiger partial charge in [0, 0.05) is 6.04 Å². The fourth-order valence-electron chi connectivity index (χ4n) is 6.46. The lowest BCUT2D eigenvalue weighted by Crippen LogP contribution is -2.53. The molecule has 3 aliphatic carbocycles. The summed E-state index contributed by atoms with van der Waals surface area (Å²) in [7, 11) is 0. The molecule has 23 heavy (non-hydrogen) atoms. The molecule has 8 unspecified atom stereocenters. The Kier molecular flexibility index (Phi) is 4.75. The van der Waals surface area contributed by atoms with Crippen molar-refractivity contribution < 1.29 is 0 Å². The first-order valence-electron chi connectivity index (χ1n) is 9.88. The zero-order valence-corrected chi connectivity index (χ0v) is 16.3. The molecule has 8 atom stereocenters. The molecule has 1 heterocycles. The molecule has 2 saturated carbocycles. The zero-order chi connectivity index (χ0) is 16.0. The van der Waals surface area contributed by atoms with Gasteiger partial charge in [-0.1, -0.05) is 53.6 Å². The highest BCUT2D eigenvalue weighted by Gasteiger charge is 2.51. The largest absolute Gasteiger partial charge is 0.302 e. The van der Waals surface area contributed by atoms with Gasteiger partial charge in [0.15, 0.2) is 0 Å². The maximum Gasteiger partial charge on any atom is 0.0632 e. The molecule has 0 spiro atoms. The van der Waals surface area contributed by atoms with Gasteiger partial charge in [-0.3, -0.25) is 0 Å². The van der Waals surface area contributed by atoms with E-state index in [-0.39, 0.29) is 0 Å². The highest BCUT2D eigenvalue weighted by atomic mass is 79.9. The summed E-state index contributed by atoms with van der Waals surface area (Å²) in [6, 6.07) is 0.768. The van der Waals surface area contributed by atoms with E-state index in [0.29, 0.717) is 4.95 Å². The number of hydrogen-bond donors (Lipinski definition) is 1. The van der Waals surface area contributed by atoms with Gasteiger partial charge in [0.25, 0.3) is 0 Å². The van der Waals surface area contributed by atoms with E-state index in [2.05, 4.69) is 53.3 Å². The Balaban J connectivity index is 1.45. The number of alkyl halides is 1. The number of nitrogens with one attached hydrogen (secondary N) is 1. The van der Waals surface area contributed by atoms with E-state index in [1.165, 1.54) is 44.9 Å². The van der Waals surface area contributed by atoms with Crippen LogP contribution in [-0.4, -0.2) is 11.0 Å². The second-order valence-electron chi connectivity index (χ2n) is 8.78. The maximum absolute atomic E-state index is 3.89. The summed E-state index contributed by atoms with van der Waals surface area (Å²) < 4.78 is 0. The first kappa shape index (κ1) is 16.4. The summed E-state index contributed by atoms with van der Waals surface area (Å²) in [6.07, 6.45) is 16.6. The van der Waals surface area contributed by atoms with Gasteiger partial charge in [-0.05, 0) is 80.5 Å². The standard InChI is InChI=1S/C21H32BrN/c1-13-11-18-14(2)17-9-10-21(22)23-20(17)12-19(18)16(13)8-7-15-5-3-4-6-15/h3-5,13-14,16-21,23H,6-12H2,1-2H3. The Morgan fingerprint density at radius 3 is 2.78 bits per heavy atom. The Morgan fingerprint density at radius 1 is 1.13 bits per heavy atom. The summed E-state index contributed by atoms with van der Waals surface area (Å²) in [5, 5.41) is 3.89. The number of rotatable bonds is 3. The van der Waals surface area contributed by atoms with E-state index >= 15 is 0 Å². The third-order valence-electron chi connectivity index (χ3n) is 7.66. The van der Waals surface area contributed by atoms with Gasteiger partial charge in [0.05, 0.1) is 4.95 Å². The number of halogens is 1. The molecule has 1 nitrogen and oxygen atoms in total. The highest BCUT2D eigenvalue weighted by molar-refractivity contribution is 9.09. The molecule has 3 fully saturated rings. The van der Waals surface area contributed by atoms with Crippen molar-refractivity contribution in [2.24, 2.45) is 35.5 Å². The van der Waals surface area contributed by atoms with Crippen molar-refractivity contribution in [2.75, 3.05) is 0 Å². The molecule has 0 radical (unpaired) electrons.